The highest BCUT2D eigenvalue weighted by atomic mass is 16.5. The van der Waals surface area contributed by atoms with Crippen LogP contribution in [0.2, 0.25) is 0 Å². The second kappa shape index (κ2) is 10.4. The Bertz CT molecular complexity index is 960. The average Bonchev–Trinajstić information content (AvgIpc) is 2.81. The number of ether oxygens (including phenoxy) is 1. The third kappa shape index (κ3) is 5.36. The Morgan fingerprint density at radius 2 is 1.62 bits per heavy atom. The van der Waals surface area contributed by atoms with Crippen LogP contribution in [0.15, 0.2) is 48.5 Å². The molecule has 1 aliphatic rings. The van der Waals surface area contributed by atoms with Crippen molar-refractivity contribution in [3.63, 3.8) is 0 Å². The predicted molar refractivity (Wildman–Crippen MR) is 124 cm³/mol. The van der Waals surface area contributed by atoms with E-state index < -0.39 is 6.04 Å². The number of benzene rings is 2. The summed E-state index contributed by atoms with van der Waals surface area (Å²) in [5.74, 6) is 0.347. The summed E-state index contributed by atoms with van der Waals surface area (Å²) >= 11 is 0. The zero-order valence-electron chi connectivity index (χ0n) is 19.3. The van der Waals surface area contributed by atoms with Gasteiger partial charge in [-0.05, 0) is 61.6 Å². The fourth-order valence-corrected chi connectivity index (χ4v) is 4.11. The number of amides is 2. The van der Waals surface area contributed by atoms with Crippen LogP contribution in [0.4, 0.5) is 0 Å². The molecule has 0 spiro atoms. The number of carbonyl (C=O) groups excluding carboxylic acids is 3. The molecule has 2 aromatic rings. The number of rotatable bonds is 7. The Kier molecular flexibility index (Phi) is 7.67. The lowest BCUT2D eigenvalue weighted by Crippen LogP contribution is -2.53. The van der Waals surface area contributed by atoms with Crippen molar-refractivity contribution >= 4 is 17.6 Å². The highest BCUT2D eigenvalue weighted by Gasteiger charge is 2.33. The van der Waals surface area contributed by atoms with E-state index in [0.717, 1.165) is 11.3 Å². The molecule has 1 aliphatic heterocycles. The molecule has 170 valence electrons. The fourth-order valence-electron chi connectivity index (χ4n) is 4.11. The molecule has 0 radical (unpaired) electrons. The number of nitrogens with zero attached hydrogens (tertiary/aromatic N) is 1. The summed E-state index contributed by atoms with van der Waals surface area (Å²) in [6, 6.07) is 13.9. The molecule has 0 saturated carbocycles. The number of hydrogen-bond acceptors (Lipinski definition) is 4. The summed E-state index contributed by atoms with van der Waals surface area (Å²) in [6.45, 7) is 6.76. The standard InChI is InChI=1S/C26H32N2O4/c1-17(2)23(27-25(30)22-8-6-5-7-18(22)3)26(31)28-15-13-20(14-16-28)24(29)19-9-11-21(32-4)12-10-19/h5-12,17,20,23H,13-16H2,1-4H3,(H,27,30)/t23-/m1/s1. The first-order valence-electron chi connectivity index (χ1n) is 11.2. The maximum absolute atomic E-state index is 13.2. The third-order valence-corrected chi connectivity index (χ3v) is 6.16. The minimum atomic E-state index is -0.601. The van der Waals surface area contributed by atoms with Crippen molar-refractivity contribution in [1.82, 2.24) is 10.2 Å². The molecule has 1 atom stereocenters. The molecular formula is C26H32N2O4. The van der Waals surface area contributed by atoms with Crippen molar-refractivity contribution in [2.24, 2.45) is 11.8 Å². The highest BCUT2D eigenvalue weighted by Crippen LogP contribution is 2.24. The molecular weight excluding hydrogens is 404 g/mol. The minimum absolute atomic E-state index is 0.0471. The van der Waals surface area contributed by atoms with Gasteiger partial charge in [-0.2, -0.15) is 0 Å². The van der Waals surface area contributed by atoms with Gasteiger partial charge in [-0.15, -0.1) is 0 Å². The van der Waals surface area contributed by atoms with Crippen LogP contribution in [-0.2, 0) is 4.79 Å². The van der Waals surface area contributed by atoms with E-state index in [1.54, 1.807) is 42.3 Å². The van der Waals surface area contributed by atoms with Gasteiger partial charge in [0, 0.05) is 30.1 Å². The lowest BCUT2D eigenvalue weighted by Gasteiger charge is -2.35. The first-order chi connectivity index (χ1) is 15.3. The van der Waals surface area contributed by atoms with Gasteiger partial charge in [-0.25, -0.2) is 0 Å². The van der Waals surface area contributed by atoms with Crippen LogP contribution in [0.1, 0.15) is 53.0 Å². The van der Waals surface area contributed by atoms with Gasteiger partial charge in [-0.1, -0.05) is 32.0 Å². The van der Waals surface area contributed by atoms with E-state index in [0.29, 0.717) is 37.1 Å². The van der Waals surface area contributed by atoms with Gasteiger partial charge in [-0.3, -0.25) is 14.4 Å². The number of hydrogen-bond donors (Lipinski definition) is 1. The summed E-state index contributed by atoms with van der Waals surface area (Å²) in [6.07, 6.45) is 1.24. The zero-order chi connectivity index (χ0) is 23.3. The smallest absolute Gasteiger partial charge is 0.252 e. The lowest BCUT2D eigenvalue weighted by molar-refractivity contribution is -0.135. The quantitative estimate of drug-likeness (QED) is 0.669. The Balaban J connectivity index is 1.61. The first kappa shape index (κ1) is 23.5. The summed E-state index contributed by atoms with van der Waals surface area (Å²) in [5, 5.41) is 2.93. The van der Waals surface area contributed by atoms with Crippen LogP contribution in [0, 0.1) is 18.8 Å². The first-order valence-corrected chi connectivity index (χ1v) is 11.2. The van der Waals surface area contributed by atoms with Crippen LogP contribution >= 0.6 is 0 Å². The molecule has 1 heterocycles. The van der Waals surface area contributed by atoms with E-state index >= 15 is 0 Å². The van der Waals surface area contributed by atoms with Gasteiger partial charge in [0.15, 0.2) is 5.78 Å². The second-order valence-electron chi connectivity index (χ2n) is 8.70. The number of carbonyl (C=O) groups is 3. The minimum Gasteiger partial charge on any atom is -0.497 e. The number of piperidine rings is 1. The van der Waals surface area contributed by atoms with E-state index in [1.165, 1.54) is 0 Å². The topological polar surface area (TPSA) is 75.7 Å². The number of aryl methyl sites for hydroxylation is 1. The Hall–Kier alpha value is -3.15. The average molecular weight is 437 g/mol. The second-order valence-corrected chi connectivity index (χ2v) is 8.70. The summed E-state index contributed by atoms with van der Waals surface area (Å²) in [4.78, 5) is 40.6. The van der Waals surface area contributed by atoms with E-state index in [9.17, 15) is 14.4 Å². The van der Waals surface area contributed by atoms with E-state index in [2.05, 4.69) is 5.32 Å². The molecule has 6 nitrogen and oxygen atoms in total. The number of nitrogens with one attached hydrogen (secondary N) is 1. The number of methoxy groups -OCH3 is 1. The van der Waals surface area contributed by atoms with E-state index in [1.807, 2.05) is 39.0 Å². The Morgan fingerprint density at radius 3 is 2.19 bits per heavy atom. The number of ketones is 1. The predicted octanol–water partition coefficient (Wildman–Crippen LogP) is 3.88. The molecule has 0 bridgehead atoms. The van der Waals surface area contributed by atoms with Crippen LogP contribution < -0.4 is 10.1 Å². The van der Waals surface area contributed by atoms with Crippen LogP contribution in [0.3, 0.4) is 0 Å². The summed E-state index contributed by atoms with van der Waals surface area (Å²) in [7, 11) is 1.59. The van der Waals surface area contributed by atoms with Crippen molar-refractivity contribution in [3.05, 3.63) is 65.2 Å². The molecule has 1 fully saturated rings. The fraction of sp³-hybridized carbons (Fsp3) is 0.423. The van der Waals surface area contributed by atoms with Crippen molar-refractivity contribution < 1.29 is 19.1 Å². The monoisotopic (exact) mass is 436 g/mol. The van der Waals surface area contributed by atoms with Crippen molar-refractivity contribution in [3.8, 4) is 5.75 Å². The highest BCUT2D eigenvalue weighted by molar-refractivity contribution is 5.99. The van der Waals surface area contributed by atoms with Gasteiger partial charge < -0.3 is 15.0 Å². The molecule has 0 aromatic heterocycles. The number of Topliss-reactive ketones (excluding diaryl/α,β-unsaturated/α-hetero) is 1. The molecule has 2 amide bonds. The van der Waals surface area contributed by atoms with E-state index in [-0.39, 0.29) is 29.4 Å². The molecule has 32 heavy (non-hydrogen) atoms. The molecule has 2 aromatic carbocycles. The van der Waals surface area contributed by atoms with Crippen molar-refractivity contribution in [2.45, 2.75) is 39.7 Å². The molecule has 3 rings (SSSR count). The van der Waals surface area contributed by atoms with Crippen LogP contribution in [0.5, 0.6) is 5.75 Å². The summed E-state index contributed by atoms with van der Waals surface area (Å²) < 4.78 is 5.15. The van der Waals surface area contributed by atoms with Gasteiger partial charge in [0.2, 0.25) is 5.91 Å². The Labute approximate surface area is 189 Å². The normalized spacial score (nSPS) is 15.3. The zero-order valence-corrected chi connectivity index (χ0v) is 19.3. The van der Waals surface area contributed by atoms with Crippen molar-refractivity contribution in [1.29, 1.82) is 0 Å². The largest absolute Gasteiger partial charge is 0.497 e. The SMILES string of the molecule is COc1ccc(C(=O)C2CCN(C(=O)[C@H](NC(=O)c3ccccc3C)C(C)C)CC2)cc1. The van der Waals surface area contributed by atoms with Gasteiger partial charge >= 0.3 is 0 Å². The maximum atomic E-state index is 13.2. The lowest BCUT2D eigenvalue weighted by atomic mass is 9.88. The number of likely N-dealkylation sites (tertiary alicyclic amines) is 1. The van der Waals surface area contributed by atoms with Crippen LogP contribution in [-0.4, -0.2) is 48.7 Å². The van der Waals surface area contributed by atoms with Crippen molar-refractivity contribution in [2.75, 3.05) is 20.2 Å². The maximum Gasteiger partial charge on any atom is 0.252 e. The van der Waals surface area contributed by atoms with E-state index in [4.69, 9.17) is 4.74 Å². The van der Waals surface area contributed by atoms with Gasteiger partial charge in [0.25, 0.3) is 5.91 Å². The molecule has 1 saturated heterocycles. The molecule has 0 aliphatic carbocycles. The Morgan fingerprint density at radius 1 is 1.00 bits per heavy atom. The van der Waals surface area contributed by atoms with Gasteiger partial charge in [0.1, 0.15) is 11.8 Å². The third-order valence-electron chi connectivity index (χ3n) is 6.16. The molecule has 6 heteroatoms. The summed E-state index contributed by atoms with van der Waals surface area (Å²) in [5.41, 5.74) is 2.12. The molecule has 0 unspecified atom stereocenters. The van der Waals surface area contributed by atoms with Crippen LogP contribution in [0.25, 0.3) is 0 Å². The molecule has 1 N–H and O–H groups in total. The van der Waals surface area contributed by atoms with Gasteiger partial charge in [0.05, 0.1) is 7.11 Å².